The zero-order valence-electron chi connectivity index (χ0n) is 11.9. The molecule has 102 valence electrons. The fourth-order valence-corrected chi connectivity index (χ4v) is 2.22. The van der Waals surface area contributed by atoms with Crippen molar-refractivity contribution in [3.05, 3.63) is 29.8 Å². The number of rotatable bonds is 8. The highest BCUT2D eigenvalue weighted by Crippen LogP contribution is 2.18. The van der Waals surface area contributed by atoms with Crippen LogP contribution in [0, 0.1) is 5.92 Å². The maximum absolute atomic E-state index is 5.57. The number of nitrogens with zero attached hydrogens (tertiary/aromatic N) is 1. The quantitative estimate of drug-likeness (QED) is 0.768. The monoisotopic (exact) mass is 250 g/mol. The lowest BCUT2D eigenvalue weighted by molar-refractivity contribution is 0.281. The fourth-order valence-electron chi connectivity index (χ4n) is 2.22. The molecular formula is C15H26N2O. The second-order valence-corrected chi connectivity index (χ2v) is 5.01. The van der Waals surface area contributed by atoms with Crippen LogP contribution in [0.25, 0.3) is 0 Å². The van der Waals surface area contributed by atoms with Gasteiger partial charge in [0.1, 0.15) is 5.75 Å². The summed E-state index contributed by atoms with van der Waals surface area (Å²) in [6, 6.07) is 8.23. The van der Waals surface area contributed by atoms with Gasteiger partial charge in [0, 0.05) is 13.1 Å². The van der Waals surface area contributed by atoms with Crippen LogP contribution in [0.4, 0.5) is 0 Å². The SMILES string of the molecule is COc1ccccc1CCN(C)CC(C)CCN. The van der Waals surface area contributed by atoms with Crippen LogP contribution in [0.1, 0.15) is 18.9 Å². The lowest BCUT2D eigenvalue weighted by atomic mass is 10.1. The van der Waals surface area contributed by atoms with E-state index < -0.39 is 0 Å². The standard InChI is InChI=1S/C15H26N2O/c1-13(8-10-16)12-17(2)11-9-14-6-4-5-7-15(14)18-3/h4-7,13H,8-12,16H2,1-3H3. The third-order valence-electron chi connectivity index (χ3n) is 3.24. The van der Waals surface area contributed by atoms with Gasteiger partial charge in [-0.2, -0.15) is 0 Å². The van der Waals surface area contributed by atoms with E-state index in [0.717, 1.165) is 38.2 Å². The minimum absolute atomic E-state index is 0.665. The Morgan fingerprint density at radius 2 is 2.06 bits per heavy atom. The molecule has 1 aromatic rings. The van der Waals surface area contributed by atoms with Crippen LogP contribution in [-0.4, -0.2) is 38.7 Å². The number of methoxy groups -OCH3 is 1. The van der Waals surface area contributed by atoms with Crippen molar-refractivity contribution in [2.24, 2.45) is 11.7 Å². The normalized spacial score (nSPS) is 12.7. The van der Waals surface area contributed by atoms with Crippen LogP contribution in [0.3, 0.4) is 0 Å². The largest absolute Gasteiger partial charge is 0.496 e. The third-order valence-corrected chi connectivity index (χ3v) is 3.24. The Morgan fingerprint density at radius 1 is 1.33 bits per heavy atom. The first-order valence-corrected chi connectivity index (χ1v) is 6.68. The molecule has 0 aliphatic carbocycles. The predicted molar refractivity (Wildman–Crippen MR) is 77.0 cm³/mol. The summed E-state index contributed by atoms with van der Waals surface area (Å²) in [6.45, 7) is 5.19. The first-order chi connectivity index (χ1) is 8.67. The van der Waals surface area contributed by atoms with Gasteiger partial charge < -0.3 is 15.4 Å². The number of hydrogen-bond donors (Lipinski definition) is 1. The molecule has 0 aromatic heterocycles. The average Bonchev–Trinajstić information content (AvgIpc) is 2.37. The molecule has 1 aromatic carbocycles. The zero-order chi connectivity index (χ0) is 13.4. The molecule has 1 atom stereocenters. The minimum atomic E-state index is 0.665. The number of para-hydroxylation sites is 1. The Labute approximate surface area is 111 Å². The Morgan fingerprint density at radius 3 is 2.72 bits per heavy atom. The smallest absolute Gasteiger partial charge is 0.122 e. The third kappa shape index (κ3) is 5.07. The predicted octanol–water partition coefficient (Wildman–Crippen LogP) is 2.15. The average molecular weight is 250 g/mol. The second kappa shape index (κ2) is 8.11. The molecule has 3 nitrogen and oxygen atoms in total. The van der Waals surface area contributed by atoms with E-state index in [1.165, 1.54) is 5.56 Å². The van der Waals surface area contributed by atoms with Gasteiger partial charge in [0.2, 0.25) is 0 Å². The van der Waals surface area contributed by atoms with Crippen LogP contribution < -0.4 is 10.5 Å². The van der Waals surface area contributed by atoms with Crippen LogP contribution in [0.5, 0.6) is 5.75 Å². The molecule has 0 radical (unpaired) electrons. The topological polar surface area (TPSA) is 38.5 Å². The van der Waals surface area contributed by atoms with Gasteiger partial charge in [0.05, 0.1) is 7.11 Å². The Kier molecular flexibility index (Phi) is 6.76. The van der Waals surface area contributed by atoms with Gasteiger partial charge in [-0.1, -0.05) is 25.1 Å². The van der Waals surface area contributed by atoms with Crippen molar-refractivity contribution in [1.29, 1.82) is 0 Å². The number of ether oxygens (including phenoxy) is 1. The Balaban J connectivity index is 2.39. The highest BCUT2D eigenvalue weighted by molar-refractivity contribution is 5.33. The molecule has 0 spiro atoms. The molecular weight excluding hydrogens is 224 g/mol. The second-order valence-electron chi connectivity index (χ2n) is 5.01. The van der Waals surface area contributed by atoms with E-state index in [4.69, 9.17) is 10.5 Å². The van der Waals surface area contributed by atoms with Gasteiger partial charge in [-0.15, -0.1) is 0 Å². The molecule has 0 fully saturated rings. The minimum Gasteiger partial charge on any atom is -0.496 e. The van der Waals surface area contributed by atoms with Crippen molar-refractivity contribution >= 4 is 0 Å². The lowest BCUT2D eigenvalue weighted by Gasteiger charge is -2.21. The van der Waals surface area contributed by atoms with E-state index in [1.807, 2.05) is 12.1 Å². The van der Waals surface area contributed by atoms with Crippen molar-refractivity contribution in [3.63, 3.8) is 0 Å². The molecule has 3 heteroatoms. The van der Waals surface area contributed by atoms with Gasteiger partial charge in [-0.3, -0.25) is 0 Å². The summed E-state index contributed by atoms with van der Waals surface area (Å²) >= 11 is 0. The molecule has 1 rings (SSSR count). The number of hydrogen-bond acceptors (Lipinski definition) is 3. The molecule has 0 bridgehead atoms. The van der Waals surface area contributed by atoms with E-state index >= 15 is 0 Å². The Hall–Kier alpha value is -1.06. The summed E-state index contributed by atoms with van der Waals surface area (Å²) in [5.74, 6) is 1.65. The van der Waals surface area contributed by atoms with E-state index in [9.17, 15) is 0 Å². The number of benzene rings is 1. The van der Waals surface area contributed by atoms with Crippen LogP contribution in [0.15, 0.2) is 24.3 Å². The fraction of sp³-hybridized carbons (Fsp3) is 0.600. The summed E-state index contributed by atoms with van der Waals surface area (Å²) < 4.78 is 5.36. The Bertz CT molecular complexity index is 341. The summed E-state index contributed by atoms with van der Waals surface area (Å²) in [5, 5.41) is 0. The van der Waals surface area contributed by atoms with Crippen LogP contribution in [0.2, 0.25) is 0 Å². The van der Waals surface area contributed by atoms with E-state index in [0.29, 0.717) is 5.92 Å². The number of likely N-dealkylation sites (N-methyl/N-ethyl adjacent to an activating group) is 1. The number of nitrogens with two attached hydrogens (primary N) is 1. The summed E-state index contributed by atoms with van der Waals surface area (Å²) in [4.78, 5) is 2.37. The molecule has 0 aliphatic heterocycles. The van der Waals surface area contributed by atoms with Crippen molar-refractivity contribution in [1.82, 2.24) is 4.90 Å². The highest BCUT2D eigenvalue weighted by atomic mass is 16.5. The molecule has 0 aliphatic rings. The zero-order valence-corrected chi connectivity index (χ0v) is 11.9. The van der Waals surface area contributed by atoms with E-state index in [2.05, 4.69) is 31.0 Å². The molecule has 0 saturated carbocycles. The first kappa shape index (κ1) is 15.0. The van der Waals surface area contributed by atoms with Gasteiger partial charge in [-0.25, -0.2) is 0 Å². The van der Waals surface area contributed by atoms with Crippen molar-refractivity contribution in [2.75, 3.05) is 33.8 Å². The lowest BCUT2D eigenvalue weighted by Crippen LogP contribution is -2.27. The molecule has 2 N–H and O–H groups in total. The summed E-state index contributed by atoms with van der Waals surface area (Å²) in [5.41, 5.74) is 6.85. The maximum atomic E-state index is 5.57. The van der Waals surface area contributed by atoms with Gasteiger partial charge in [0.25, 0.3) is 0 Å². The molecule has 18 heavy (non-hydrogen) atoms. The summed E-state index contributed by atoms with van der Waals surface area (Å²) in [7, 11) is 3.90. The van der Waals surface area contributed by atoms with Crippen molar-refractivity contribution in [3.8, 4) is 5.75 Å². The van der Waals surface area contributed by atoms with E-state index in [1.54, 1.807) is 7.11 Å². The van der Waals surface area contributed by atoms with Crippen molar-refractivity contribution < 1.29 is 4.74 Å². The highest BCUT2D eigenvalue weighted by Gasteiger charge is 2.07. The maximum Gasteiger partial charge on any atom is 0.122 e. The first-order valence-electron chi connectivity index (χ1n) is 6.68. The van der Waals surface area contributed by atoms with Crippen LogP contribution >= 0.6 is 0 Å². The molecule has 0 amide bonds. The molecule has 1 unspecified atom stereocenters. The van der Waals surface area contributed by atoms with Gasteiger partial charge >= 0.3 is 0 Å². The molecule has 0 saturated heterocycles. The van der Waals surface area contributed by atoms with Gasteiger partial charge in [0.15, 0.2) is 0 Å². The van der Waals surface area contributed by atoms with E-state index in [-0.39, 0.29) is 0 Å². The summed E-state index contributed by atoms with van der Waals surface area (Å²) in [6.07, 6.45) is 2.12. The van der Waals surface area contributed by atoms with Gasteiger partial charge in [-0.05, 0) is 44.0 Å². The molecule has 0 heterocycles. The van der Waals surface area contributed by atoms with Crippen molar-refractivity contribution in [2.45, 2.75) is 19.8 Å². The van der Waals surface area contributed by atoms with Crippen LogP contribution in [-0.2, 0) is 6.42 Å².